The number of benzene rings is 2. The van der Waals surface area contributed by atoms with Crippen molar-refractivity contribution in [2.24, 2.45) is 0 Å². The first kappa shape index (κ1) is 18.6. The van der Waals surface area contributed by atoms with Gasteiger partial charge in [0, 0.05) is 17.5 Å². The van der Waals surface area contributed by atoms with Crippen LogP contribution in [0.5, 0.6) is 5.75 Å². The van der Waals surface area contributed by atoms with Gasteiger partial charge in [0.15, 0.2) is 5.76 Å². The molecule has 0 unspecified atom stereocenters. The van der Waals surface area contributed by atoms with E-state index in [1.54, 1.807) is 16.8 Å². The monoisotopic (exact) mass is 413 g/mol. The summed E-state index contributed by atoms with van der Waals surface area (Å²) in [4.78, 5) is 0. The van der Waals surface area contributed by atoms with Gasteiger partial charge < -0.3 is 14.5 Å². The number of hydrogen-bond acceptors (Lipinski definition) is 4. The highest BCUT2D eigenvalue weighted by Gasteiger charge is 2.31. The highest BCUT2D eigenvalue weighted by Crippen LogP contribution is 2.36. The molecule has 5 rings (SSSR count). The summed E-state index contributed by atoms with van der Waals surface area (Å²) >= 11 is 0. The Balaban J connectivity index is 1.59. The quantitative estimate of drug-likeness (QED) is 0.452. The van der Waals surface area contributed by atoms with Crippen LogP contribution < -0.4 is 10.1 Å². The Morgan fingerprint density at radius 2 is 1.83 bits per heavy atom. The lowest BCUT2D eigenvalue weighted by atomic mass is 10.1. The molecule has 1 aliphatic rings. The van der Waals surface area contributed by atoms with Crippen molar-refractivity contribution >= 4 is 16.8 Å². The molecule has 0 saturated heterocycles. The lowest BCUT2D eigenvalue weighted by Gasteiger charge is -2.11. The van der Waals surface area contributed by atoms with Gasteiger partial charge in [0.2, 0.25) is 0 Å². The zero-order chi connectivity index (χ0) is 20.7. The largest absolute Gasteiger partial charge is 0.573 e. The molecule has 0 fully saturated rings. The number of ether oxygens (including phenoxy) is 1. The van der Waals surface area contributed by atoms with Crippen molar-refractivity contribution in [1.82, 2.24) is 9.78 Å². The Morgan fingerprint density at radius 1 is 1.03 bits per heavy atom. The number of anilines is 1. The maximum absolute atomic E-state index is 12.5. The molecule has 154 valence electrons. The summed E-state index contributed by atoms with van der Waals surface area (Å²) in [6, 6.07) is 15.4. The number of fused-ring (bicyclic) bond motifs is 2. The Kier molecular flexibility index (Phi) is 4.42. The highest BCUT2D eigenvalue weighted by atomic mass is 19.4. The molecule has 0 spiro atoms. The van der Waals surface area contributed by atoms with Crippen LogP contribution in [0.4, 0.5) is 19.0 Å². The van der Waals surface area contributed by atoms with Crippen molar-refractivity contribution in [3.63, 3.8) is 0 Å². The summed E-state index contributed by atoms with van der Waals surface area (Å²) in [6.07, 6.45) is -1.85. The third-order valence-corrected chi connectivity index (χ3v) is 5.10. The van der Waals surface area contributed by atoms with Crippen LogP contribution in [0.3, 0.4) is 0 Å². The van der Waals surface area contributed by atoms with E-state index in [1.807, 2.05) is 30.3 Å². The van der Waals surface area contributed by atoms with E-state index in [0.717, 1.165) is 53.9 Å². The fourth-order valence-corrected chi connectivity index (χ4v) is 3.77. The number of hydrogen-bond donors (Lipinski definition) is 1. The van der Waals surface area contributed by atoms with Gasteiger partial charge in [-0.05, 0) is 55.7 Å². The normalized spacial score (nSPS) is 14.2. The smallest absolute Gasteiger partial charge is 0.454 e. The second-order valence-electron chi connectivity index (χ2n) is 7.16. The molecule has 0 amide bonds. The van der Waals surface area contributed by atoms with Gasteiger partial charge in [0.1, 0.15) is 22.8 Å². The van der Waals surface area contributed by atoms with Crippen LogP contribution in [-0.2, 0) is 6.42 Å². The number of nitrogens with one attached hydrogen (secondary N) is 1. The summed E-state index contributed by atoms with van der Waals surface area (Å²) in [5.74, 6) is 1.24. The molecule has 2 aromatic carbocycles. The maximum Gasteiger partial charge on any atom is 0.573 e. The SMILES string of the molecule is FC(F)(F)Oc1ccc(-n2nc(-c3cc4ccccc4o3)c3c2NCCCC3)cc1. The van der Waals surface area contributed by atoms with Gasteiger partial charge in [-0.25, -0.2) is 4.68 Å². The van der Waals surface area contributed by atoms with Crippen molar-refractivity contribution in [3.8, 4) is 22.9 Å². The Labute approximate surface area is 170 Å². The van der Waals surface area contributed by atoms with Crippen LogP contribution in [0, 0.1) is 0 Å². The van der Waals surface area contributed by atoms with Crippen molar-refractivity contribution < 1.29 is 22.3 Å². The molecule has 8 heteroatoms. The molecule has 0 aliphatic carbocycles. The molecule has 0 saturated carbocycles. The Bertz CT molecular complexity index is 1160. The second kappa shape index (κ2) is 7.12. The van der Waals surface area contributed by atoms with Gasteiger partial charge in [0.25, 0.3) is 0 Å². The molecule has 0 bridgehead atoms. The molecule has 0 radical (unpaired) electrons. The van der Waals surface area contributed by atoms with Gasteiger partial charge in [-0.2, -0.15) is 5.10 Å². The summed E-state index contributed by atoms with van der Waals surface area (Å²) in [6.45, 7) is 0.799. The zero-order valence-electron chi connectivity index (χ0n) is 15.9. The number of para-hydroxylation sites is 1. The lowest BCUT2D eigenvalue weighted by Crippen LogP contribution is -2.17. The van der Waals surface area contributed by atoms with E-state index in [9.17, 15) is 13.2 Å². The zero-order valence-corrected chi connectivity index (χ0v) is 15.9. The van der Waals surface area contributed by atoms with Gasteiger partial charge >= 0.3 is 6.36 Å². The van der Waals surface area contributed by atoms with E-state index < -0.39 is 6.36 Å². The average molecular weight is 413 g/mol. The van der Waals surface area contributed by atoms with Crippen molar-refractivity contribution in [3.05, 3.63) is 60.2 Å². The number of rotatable bonds is 3. The predicted octanol–water partition coefficient (Wildman–Crippen LogP) is 5.93. The number of alkyl halides is 3. The molecular formula is C22H18F3N3O2. The number of nitrogens with zero attached hydrogens (tertiary/aromatic N) is 2. The van der Waals surface area contributed by atoms with E-state index in [1.165, 1.54) is 12.1 Å². The molecule has 3 heterocycles. The minimum atomic E-state index is -4.72. The minimum Gasteiger partial charge on any atom is -0.454 e. The average Bonchev–Trinajstić information content (AvgIpc) is 3.21. The fraction of sp³-hybridized carbons (Fsp3) is 0.227. The lowest BCUT2D eigenvalue weighted by molar-refractivity contribution is -0.274. The number of halogens is 3. The third kappa shape index (κ3) is 3.49. The Morgan fingerprint density at radius 3 is 2.60 bits per heavy atom. The van der Waals surface area contributed by atoms with E-state index >= 15 is 0 Å². The molecular weight excluding hydrogens is 395 g/mol. The van der Waals surface area contributed by atoms with Gasteiger partial charge in [-0.1, -0.05) is 18.2 Å². The van der Waals surface area contributed by atoms with Crippen molar-refractivity contribution in [2.75, 3.05) is 11.9 Å². The van der Waals surface area contributed by atoms with Gasteiger partial charge in [-0.3, -0.25) is 0 Å². The minimum absolute atomic E-state index is 0.269. The summed E-state index contributed by atoms with van der Waals surface area (Å²) in [7, 11) is 0. The Hall–Kier alpha value is -3.42. The number of furan rings is 1. The van der Waals surface area contributed by atoms with Crippen LogP contribution in [0.25, 0.3) is 28.1 Å². The first-order chi connectivity index (χ1) is 14.5. The molecule has 4 aromatic rings. The summed E-state index contributed by atoms with van der Waals surface area (Å²) in [5.41, 5.74) is 3.21. The fourth-order valence-electron chi connectivity index (χ4n) is 3.77. The van der Waals surface area contributed by atoms with Crippen LogP contribution in [0.1, 0.15) is 18.4 Å². The third-order valence-electron chi connectivity index (χ3n) is 5.10. The van der Waals surface area contributed by atoms with Crippen LogP contribution in [0.15, 0.2) is 59.0 Å². The molecule has 1 N–H and O–H groups in total. The van der Waals surface area contributed by atoms with E-state index in [-0.39, 0.29) is 5.75 Å². The van der Waals surface area contributed by atoms with Gasteiger partial charge in [0.05, 0.1) is 5.69 Å². The van der Waals surface area contributed by atoms with Crippen LogP contribution >= 0.6 is 0 Å². The highest BCUT2D eigenvalue weighted by molar-refractivity contribution is 5.83. The van der Waals surface area contributed by atoms with E-state index in [4.69, 9.17) is 9.52 Å². The molecule has 0 atom stereocenters. The van der Waals surface area contributed by atoms with E-state index in [0.29, 0.717) is 11.4 Å². The molecule has 5 nitrogen and oxygen atoms in total. The molecule has 2 aromatic heterocycles. The van der Waals surface area contributed by atoms with Crippen molar-refractivity contribution in [1.29, 1.82) is 0 Å². The maximum atomic E-state index is 12.5. The standard InChI is InChI=1S/C22H18F3N3O2/c23-22(24,25)30-16-10-8-15(9-11-16)28-21-17(6-3-4-12-26-21)20(27-28)19-13-14-5-1-2-7-18(14)29-19/h1-2,5,7-11,13,26H,3-4,6,12H2. The molecule has 30 heavy (non-hydrogen) atoms. The summed E-state index contributed by atoms with van der Waals surface area (Å²) in [5, 5.41) is 9.18. The van der Waals surface area contributed by atoms with Crippen LogP contribution in [0.2, 0.25) is 0 Å². The van der Waals surface area contributed by atoms with E-state index in [2.05, 4.69) is 10.1 Å². The van der Waals surface area contributed by atoms with Crippen molar-refractivity contribution in [2.45, 2.75) is 25.6 Å². The first-order valence-electron chi connectivity index (χ1n) is 9.69. The number of aromatic nitrogens is 2. The van der Waals surface area contributed by atoms with Crippen LogP contribution in [-0.4, -0.2) is 22.7 Å². The predicted molar refractivity (Wildman–Crippen MR) is 107 cm³/mol. The first-order valence-corrected chi connectivity index (χ1v) is 9.69. The second-order valence-corrected chi connectivity index (χ2v) is 7.16. The summed E-state index contributed by atoms with van der Waals surface area (Å²) < 4.78 is 49.1. The topological polar surface area (TPSA) is 52.2 Å². The van der Waals surface area contributed by atoms with Gasteiger partial charge in [-0.15, -0.1) is 13.2 Å². The molecule has 1 aliphatic heterocycles.